The van der Waals surface area contributed by atoms with E-state index >= 15 is 0 Å². The molecule has 0 bridgehead atoms. The highest BCUT2D eigenvalue weighted by molar-refractivity contribution is 9.10. The summed E-state index contributed by atoms with van der Waals surface area (Å²) in [6, 6.07) is 14.6. The first kappa shape index (κ1) is 20.6. The Labute approximate surface area is 183 Å². The Kier molecular flexibility index (Phi) is 5.40. The van der Waals surface area contributed by atoms with Crippen molar-refractivity contribution in [2.45, 2.75) is 45.3 Å². The molecule has 156 valence electrons. The first-order valence-corrected chi connectivity index (χ1v) is 10.8. The Morgan fingerprint density at radius 2 is 1.87 bits per heavy atom. The van der Waals surface area contributed by atoms with E-state index in [1.54, 1.807) is 9.47 Å². The van der Waals surface area contributed by atoms with Crippen molar-refractivity contribution in [3.05, 3.63) is 69.2 Å². The zero-order valence-electron chi connectivity index (χ0n) is 17.3. The number of likely N-dealkylation sites (tertiary alicyclic amines) is 1. The van der Waals surface area contributed by atoms with Crippen LogP contribution in [0.25, 0.3) is 16.6 Å². The number of fused-ring (bicyclic) bond motifs is 1. The number of carbonyl (C=O) groups is 1. The Morgan fingerprint density at radius 3 is 2.57 bits per heavy atom. The molecule has 1 aliphatic heterocycles. The molecule has 1 fully saturated rings. The van der Waals surface area contributed by atoms with E-state index in [0.29, 0.717) is 27.7 Å². The maximum Gasteiger partial charge on any atom is 0.410 e. The summed E-state index contributed by atoms with van der Waals surface area (Å²) in [6.45, 7) is 6.12. The largest absolute Gasteiger partial charge is 0.444 e. The molecule has 7 heteroatoms. The van der Waals surface area contributed by atoms with E-state index in [0.717, 1.165) is 18.5 Å². The molecule has 1 aromatic heterocycles. The van der Waals surface area contributed by atoms with Gasteiger partial charge in [-0.3, -0.25) is 14.3 Å². The molecule has 0 aliphatic carbocycles. The predicted molar refractivity (Wildman–Crippen MR) is 120 cm³/mol. The van der Waals surface area contributed by atoms with Gasteiger partial charge in [0, 0.05) is 11.0 Å². The van der Waals surface area contributed by atoms with Gasteiger partial charge < -0.3 is 4.74 Å². The number of rotatable bonds is 2. The fourth-order valence-corrected chi connectivity index (χ4v) is 4.36. The number of amides is 1. The summed E-state index contributed by atoms with van der Waals surface area (Å²) in [5, 5.41) is 0.520. The van der Waals surface area contributed by atoms with E-state index in [2.05, 4.69) is 15.9 Å². The lowest BCUT2D eigenvalue weighted by molar-refractivity contribution is 0.0216. The first-order chi connectivity index (χ1) is 14.3. The summed E-state index contributed by atoms with van der Waals surface area (Å²) in [7, 11) is 0. The van der Waals surface area contributed by atoms with Gasteiger partial charge in [-0.25, -0.2) is 9.78 Å². The van der Waals surface area contributed by atoms with Gasteiger partial charge in [0.2, 0.25) is 0 Å². The lowest BCUT2D eigenvalue weighted by Gasteiger charge is -2.29. The third kappa shape index (κ3) is 3.86. The molecule has 0 N–H and O–H groups in total. The molecule has 1 amide bonds. The van der Waals surface area contributed by atoms with E-state index in [9.17, 15) is 9.59 Å². The van der Waals surface area contributed by atoms with Crippen LogP contribution in [0.4, 0.5) is 4.79 Å². The number of halogens is 1. The zero-order valence-corrected chi connectivity index (χ0v) is 18.8. The van der Waals surface area contributed by atoms with Crippen LogP contribution in [0, 0.1) is 0 Å². The van der Waals surface area contributed by atoms with Crippen LogP contribution >= 0.6 is 15.9 Å². The summed E-state index contributed by atoms with van der Waals surface area (Å²) >= 11 is 3.49. The Bertz CT molecular complexity index is 1150. The van der Waals surface area contributed by atoms with Crippen molar-refractivity contribution < 1.29 is 9.53 Å². The number of hydrogen-bond acceptors (Lipinski definition) is 4. The minimum absolute atomic E-state index is 0.162. The minimum Gasteiger partial charge on any atom is -0.444 e. The molecule has 4 rings (SSSR count). The molecule has 2 aromatic carbocycles. The highest BCUT2D eigenvalue weighted by Crippen LogP contribution is 2.34. The molecule has 1 saturated heterocycles. The average Bonchev–Trinajstić information content (AvgIpc) is 3.17. The van der Waals surface area contributed by atoms with Gasteiger partial charge in [-0.05, 0) is 73.8 Å². The maximum absolute atomic E-state index is 13.6. The molecular formula is C23H24BrN3O3. The lowest BCUT2D eigenvalue weighted by atomic mass is 10.1. The lowest BCUT2D eigenvalue weighted by Crippen LogP contribution is -2.38. The summed E-state index contributed by atoms with van der Waals surface area (Å²) < 4.78 is 7.94. The van der Waals surface area contributed by atoms with E-state index in [4.69, 9.17) is 9.72 Å². The van der Waals surface area contributed by atoms with Crippen molar-refractivity contribution in [3.8, 4) is 5.69 Å². The van der Waals surface area contributed by atoms with Crippen molar-refractivity contribution in [2.24, 2.45) is 0 Å². The molecule has 1 atom stereocenters. The van der Waals surface area contributed by atoms with Gasteiger partial charge in [0.05, 0.1) is 22.6 Å². The number of ether oxygens (including phenoxy) is 1. The zero-order chi connectivity index (χ0) is 21.5. The fraction of sp³-hybridized carbons (Fsp3) is 0.348. The third-order valence-corrected chi connectivity index (χ3v) is 5.73. The predicted octanol–water partition coefficient (Wildman–Crippen LogP) is 5.22. The van der Waals surface area contributed by atoms with Gasteiger partial charge in [0.15, 0.2) is 0 Å². The summed E-state index contributed by atoms with van der Waals surface area (Å²) in [4.78, 5) is 33.0. The number of nitrogens with zero attached hydrogens (tertiary/aromatic N) is 3. The first-order valence-electron chi connectivity index (χ1n) is 10.0. The minimum atomic E-state index is -0.592. The Balaban J connectivity index is 1.92. The third-order valence-electron chi connectivity index (χ3n) is 5.07. The van der Waals surface area contributed by atoms with Gasteiger partial charge >= 0.3 is 6.09 Å². The van der Waals surface area contributed by atoms with Crippen molar-refractivity contribution in [2.75, 3.05) is 6.54 Å². The number of para-hydroxylation sites is 1. The van der Waals surface area contributed by atoms with Gasteiger partial charge in [-0.1, -0.05) is 24.3 Å². The van der Waals surface area contributed by atoms with Crippen LogP contribution in [0.3, 0.4) is 0 Å². The Hall–Kier alpha value is -2.67. The number of aromatic nitrogens is 2. The smallest absolute Gasteiger partial charge is 0.410 e. The molecular weight excluding hydrogens is 446 g/mol. The standard InChI is InChI=1S/C23H24BrN3O3/c1-23(2,3)30-22(29)26-14-8-13-18(26)20-25-17-12-7-11-16(24)19(17)21(28)27(20)15-9-5-4-6-10-15/h4-7,9-12,18H,8,13-14H2,1-3H3/t18-/m0/s1. The molecule has 2 heterocycles. The summed E-state index contributed by atoms with van der Waals surface area (Å²) in [5.74, 6) is 0.556. The molecule has 0 radical (unpaired) electrons. The number of benzene rings is 2. The molecule has 0 saturated carbocycles. The molecule has 1 aliphatic rings. The summed E-state index contributed by atoms with van der Waals surface area (Å²) in [6.07, 6.45) is 1.16. The maximum atomic E-state index is 13.6. The van der Waals surface area contributed by atoms with Gasteiger partial charge in [-0.15, -0.1) is 0 Å². The highest BCUT2D eigenvalue weighted by atomic mass is 79.9. The summed E-state index contributed by atoms with van der Waals surface area (Å²) in [5.41, 5.74) is 0.571. The Morgan fingerprint density at radius 1 is 1.13 bits per heavy atom. The quantitative estimate of drug-likeness (QED) is 0.515. The second-order valence-electron chi connectivity index (χ2n) is 8.41. The van der Waals surface area contributed by atoms with Gasteiger partial charge in [0.1, 0.15) is 11.4 Å². The fourth-order valence-electron chi connectivity index (χ4n) is 3.83. The molecule has 30 heavy (non-hydrogen) atoms. The molecule has 0 unspecified atom stereocenters. The van der Waals surface area contributed by atoms with Crippen LogP contribution in [0.5, 0.6) is 0 Å². The highest BCUT2D eigenvalue weighted by Gasteiger charge is 2.36. The van der Waals surface area contributed by atoms with Crippen LogP contribution in [-0.4, -0.2) is 32.7 Å². The van der Waals surface area contributed by atoms with Crippen molar-refractivity contribution >= 4 is 32.9 Å². The van der Waals surface area contributed by atoms with E-state index in [1.807, 2.05) is 69.3 Å². The second kappa shape index (κ2) is 7.87. The monoisotopic (exact) mass is 469 g/mol. The van der Waals surface area contributed by atoms with Gasteiger partial charge in [-0.2, -0.15) is 0 Å². The average molecular weight is 470 g/mol. The topological polar surface area (TPSA) is 64.4 Å². The second-order valence-corrected chi connectivity index (χ2v) is 9.27. The SMILES string of the molecule is CC(C)(C)OC(=O)N1CCC[C@H]1c1nc2cccc(Br)c2c(=O)n1-c1ccccc1. The van der Waals surface area contributed by atoms with Gasteiger partial charge in [0.25, 0.3) is 5.56 Å². The van der Waals surface area contributed by atoms with Crippen LogP contribution in [-0.2, 0) is 4.74 Å². The van der Waals surface area contributed by atoms with E-state index < -0.39 is 5.60 Å². The number of carbonyl (C=O) groups excluding carboxylic acids is 1. The van der Waals surface area contributed by atoms with Crippen LogP contribution in [0.15, 0.2) is 57.8 Å². The van der Waals surface area contributed by atoms with Crippen molar-refractivity contribution in [1.29, 1.82) is 0 Å². The van der Waals surface area contributed by atoms with Crippen molar-refractivity contribution in [1.82, 2.24) is 14.5 Å². The van der Waals surface area contributed by atoms with Crippen LogP contribution < -0.4 is 5.56 Å². The van der Waals surface area contributed by atoms with Crippen LogP contribution in [0.2, 0.25) is 0 Å². The molecule has 6 nitrogen and oxygen atoms in total. The normalized spacial score (nSPS) is 16.8. The van der Waals surface area contributed by atoms with Crippen molar-refractivity contribution in [3.63, 3.8) is 0 Å². The van der Waals surface area contributed by atoms with Crippen LogP contribution in [0.1, 0.15) is 45.5 Å². The number of hydrogen-bond donors (Lipinski definition) is 0. The van der Waals surface area contributed by atoms with E-state index in [1.165, 1.54) is 0 Å². The molecule has 3 aromatic rings. The molecule has 0 spiro atoms. The van der Waals surface area contributed by atoms with E-state index in [-0.39, 0.29) is 17.7 Å².